The fourth-order valence-corrected chi connectivity index (χ4v) is 0.608. The van der Waals surface area contributed by atoms with Gasteiger partial charge < -0.3 is 9.47 Å². The molecule has 0 bridgehead atoms. The van der Waals surface area contributed by atoms with Gasteiger partial charge in [0.05, 0.1) is 0 Å². The third kappa shape index (κ3) is 3.30. The lowest BCUT2D eigenvalue weighted by molar-refractivity contribution is 0.0703. The molecule has 0 aromatic carbocycles. The van der Waals surface area contributed by atoms with E-state index in [-0.39, 0.29) is 6.10 Å². The van der Waals surface area contributed by atoms with Crippen LogP contribution in [0.5, 0.6) is 0 Å². The van der Waals surface area contributed by atoms with Crippen LogP contribution in [0.1, 0.15) is 20.8 Å². The molecule has 1 atom stereocenters. The number of hydrogen-bond donors (Lipinski definition) is 0. The molecule has 0 aromatic heterocycles. The van der Waals surface area contributed by atoms with Gasteiger partial charge in [-0.2, -0.15) is 0 Å². The zero-order valence-corrected chi connectivity index (χ0v) is 10.9. The molecule has 1 saturated heterocycles. The van der Waals surface area contributed by atoms with Crippen molar-refractivity contribution in [3.8, 4) is 0 Å². The second-order valence-corrected chi connectivity index (χ2v) is 2.72. The van der Waals surface area contributed by atoms with Crippen molar-refractivity contribution in [1.29, 1.82) is 0 Å². The number of halogens is 2. The van der Waals surface area contributed by atoms with Crippen molar-refractivity contribution in [2.75, 3.05) is 0 Å². The molecule has 1 unspecified atom stereocenters. The minimum atomic E-state index is -0.563. The summed E-state index contributed by atoms with van der Waals surface area (Å²) in [6.45, 7) is 5.45. The maximum absolute atomic E-state index is 10.4. The number of cyclic esters (lactones) is 2. The first-order valence-corrected chi connectivity index (χ1v) is 9.35. The summed E-state index contributed by atoms with van der Waals surface area (Å²) in [4.78, 5) is 10.4. The number of carbonyl (C=O) groups is 1. The highest BCUT2D eigenvalue weighted by Gasteiger charge is 2.40. The second kappa shape index (κ2) is 4.68. The summed E-state index contributed by atoms with van der Waals surface area (Å²) < 4.78 is 9.52. The van der Waals surface area contributed by atoms with E-state index in [1.807, 2.05) is 20.8 Å². The van der Waals surface area contributed by atoms with E-state index in [9.17, 15) is 4.79 Å². The molecule has 1 heterocycles. The van der Waals surface area contributed by atoms with Gasteiger partial charge in [0.2, 0.25) is 0 Å². The van der Waals surface area contributed by atoms with Gasteiger partial charge in [0.25, 0.3) is 0 Å². The van der Waals surface area contributed by atoms with E-state index in [0.717, 1.165) is 0 Å². The predicted octanol–water partition coefficient (Wildman–Crippen LogP) is 3.09. The van der Waals surface area contributed by atoms with E-state index in [0.29, 0.717) is 0 Å². The second-order valence-electron chi connectivity index (χ2n) is 2.72. The molecule has 1 fully saturated rings. The molecule has 3 nitrogen and oxygen atoms in total. The first-order valence-electron chi connectivity index (χ1n) is 3.06. The standard InChI is InChI=1S/C6H10O3.I2/c1-4-6(2,3)9-5(7)8-4;1-2/h4H,1-3H3;. The van der Waals surface area contributed by atoms with Gasteiger partial charge in [-0.25, -0.2) is 4.79 Å². The number of carbonyl (C=O) groups excluding carboxylic acids is 1. The lowest BCUT2D eigenvalue weighted by Gasteiger charge is -2.16. The molecule has 1 aliphatic heterocycles. The van der Waals surface area contributed by atoms with Crippen LogP contribution in [0, 0.1) is 0 Å². The third-order valence-electron chi connectivity index (χ3n) is 1.60. The van der Waals surface area contributed by atoms with Gasteiger partial charge in [0.1, 0.15) is 11.7 Å². The molecule has 1 rings (SSSR count). The van der Waals surface area contributed by atoms with Crippen LogP contribution < -0.4 is 0 Å². The summed E-state index contributed by atoms with van der Waals surface area (Å²) in [5.74, 6) is 0. The van der Waals surface area contributed by atoms with Gasteiger partial charge >= 0.3 is 6.16 Å². The van der Waals surface area contributed by atoms with Crippen molar-refractivity contribution in [2.24, 2.45) is 0 Å². The fraction of sp³-hybridized carbons (Fsp3) is 0.833. The minimum absolute atomic E-state index is 0.134. The summed E-state index contributed by atoms with van der Waals surface area (Å²) in [5, 5.41) is 0. The van der Waals surface area contributed by atoms with Gasteiger partial charge in [-0.05, 0) is 20.8 Å². The van der Waals surface area contributed by atoms with Gasteiger partial charge in [0, 0.05) is 37.2 Å². The quantitative estimate of drug-likeness (QED) is 0.476. The topological polar surface area (TPSA) is 35.5 Å². The van der Waals surface area contributed by atoms with Gasteiger partial charge in [-0.3, -0.25) is 0 Å². The molecule has 0 N–H and O–H groups in total. The van der Waals surface area contributed by atoms with Crippen molar-refractivity contribution in [3.63, 3.8) is 0 Å². The minimum Gasteiger partial charge on any atom is -0.427 e. The van der Waals surface area contributed by atoms with Crippen LogP contribution in [-0.2, 0) is 9.47 Å². The number of rotatable bonds is 0. The third-order valence-corrected chi connectivity index (χ3v) is 1.60. The summed E-state index contributed by atoms with van der Waals surface area (Å²) in [6.07, 6.45) is -0.697. The highest BCUT2D eigenvalue weighted by Crippen LogP contribution is 2.25. The van der Waals surface area contributed by atoms with Crippen molar-refractivity contribution in [1.82, 2.24) is 0 Å². The van der Waals surface area contributed by atoms with Crippen LogP contribution in [0.4, 0.5) is 4.79 Å². The van der Waals surface area contributed by atoms with E-state index < -0.39 is 11.8 Å². The lowest BCUT2D eigenvalue weighted by atomic mass is 10.0. The summed E-state index contributed by atoms with van der Waals surface area (Å²) in [7, 11) is 0. The SMILES string of the molecule is CC1OC(=O)OC1(C)C.II. The zero-order valence-electron chi connectivity index (χ0n) is 6.56. The Bertz CT molecular complexity index is 147. The molecular weight excluding hydrogens is 374 g/mol. The molecule has 0 radical (unpaired) electrons. The van der Waals surface area contributed by atoms with Crippen LogP contribution in [0.2, 0.25) is 0 Å². The van der Waals surface area contributed by atoms with E-state index in [4.69, 9.17) is 9.47 Å². The van der Waals surface area contributed by atoms with Crippen molar-refractivity contribution >= 4 is 43.4 Å². The van der Waals surface area contributed by atoms with Crippen LogP contribution >= 0.6 is 37.2 Å². The first-order chi connectivity index (χ1) is 5.02. The molecule has 5 heteroatoms. The molecule has 0 amide bonds. The Kier molecular flexibility index (Phi) is 4.99. The van der Waals surface area contributed by atoms with Gasteiger partial charge in [-0.15, -0.1) is 0 Å². The predicted molar refractivity (Wildman–Crippen MR) is 59.1 cm³/mol. The van der Waals surface area contributed by atoms with Crippen molar-refractivity contribution in [3.05, 3.63) is 0 Å². The zero-order chi connectivity index (χ0) is 9.07. The Morgan fingerprint density at radius 1 is 1.45 bits per heavy atom. The molecule has 0 spiro atoms. The van der Waals surface area contributed by atoms with Crippen LogP contribution in [0.3, 0.4) is 0 Å². The van der Waals surface area contributed by atoms with Crippen LogP contribution in [0.25, 0.3) is 0 Å². The largest absolute Gasteiger partial charge is 0.509 e. The van der Waals surface area contributed by atoms with Crippen molar-refractivity contribution in [2.45, 2.75) is 32.5 Å². The lowest BCUT2D eigenvalue weighted by Crippen LogP contribution is -2.29. The Balaban J connectivity index is 0.000000461. The summed E-state index contributed by atoms with van der Waals surface area (Å²) in [5.41, 5.74) is -0.447. The van der Waals surface area contributed by atoms with Crippen LogP contribution in [-0.4, -0.2) is 17.9 Å². The molecule has 0 saturated carbocycles. The highest BCUT2D eigenvalue weighted by atomic mass is 128. The van der Waals surface area contributed by atoms with Crippen molar-refractivity contribution < 1.29 is 14.3 Å². The molecule has 0 aromatic rings. The Labute approximate surface area is 89.5 Å². The fourth-order valence-electron chi connectivity index (χ4n) is 0.608. The average Bonchev–Trinajstić information content (AvgIpc) is 2.10. The molecule has 66 valence electrons. The van der Waals surface area contributed by atoms with E-state index in [2.05, 4.69) is 37.2 Å². The highest BCUT2D eigenvalue weighted by molar-refractivity contribution is 15.0. The maximum Gasteiger partial charge on any atom is 0.509 e. The summed E-state index contributed by atoms with van der Waals surface area (Å²) in [6, 6.07) is 0. The molecular formula is C6H10I2O3. The number of hydrogen-bond acceptors (Lipinski definition) is 3. The number of ether oxygens (including phenoxy) is 2. The van der Waals surface area contributed by atoms with Crippen LogP contribution in [0.15, 0.2) is 0 Å². The smallest absolute Gasteiger partial charge is 0.427 e. The average molecular weight is 384 g/mol. The monoisotopic (exact) mass is 384 g/mol. The van der Waals surface area contributed by atoms with Gasteiger partial charge in [0.15, 0.2) is 0 Å². The normalized spacial score (nSPS) is 26.3. The van der Waals surface area contributed by atoms with E-state index >= 15 is 0 Å². The van der Waals surface area contributed by atoms with E-state index in [1.165, 1.54) is 0 Å². The first kappa shape index (κ1) is 11.7. The Hall–Kier alpha value is 0.730. The van der Waals surface area contributed by atoms with Gasteiger partial charge in [-0.1, -0.05) is 0 Å². The summed E-state index contributed by atoms with van der Waals surface area (Å²) >= 11 is 4.24. The molecule has 0 aliphatic carbocycles. The molecule has 11 heavy (non-hydrogen) atoms. The Morgan fingerprint density at radius 2 is 1.91 bits per heavy atom. The Morgan fingerprint density at radius 3 is 2.00 bits per heavy atom. The van der Waals surface area contributed by atoms with E-state index in [1.54, 1.807) is 0 Å². The maximum atomic E-state index is 10.4. The molecule has 1 aliphatic rings.